The maximum atomic E-state index is 12.7. The average molecular weight is 468 g/mol. The second-order valence-electron chi connectivity index (χ2n) is 8.13. The summed E-state index contributed by atoms with van der Waals surface area (Å²) >= 11 is 0. The quantitative estimate of drug-likeness (QED) is 0.281. The number of unbranched alkanes of at least 4 members (excludes halogenated alkanes) is 1. The summed E-state index contributed by atoms with van der Waals surface area (Å²) in [4.78, 5) is 24.8. The van der Waals surface area contributed by atoms with E-state index >= 15 is 0 Å². The van der Waals surface area contributed by atoms with Crippen LogP contribution in [0.3, 0.4) is 0 Å². The van der Waals surface area contributed by atoms with Crippen LogP contribution < -0.4 is 16.4 Å². The molecule has 0 aliphatic carbocycles. The van der Waals surface area contributed by atoms with Crippen molar-refractivity contribution in [3.63, 3.8) is 0 Å². The Kier molecular flexibility index (Phi) is 9.94. The van der Waals surface area contributed by atoms with Crippen molar-refractivity contribution in [1.29, 1.82) is 0 Å². The number of benzene rings is 2. The highest BCUT2D eigenvalue weighted by Crippen LogP contribution is 2.31. The minimum atomic E-state index is -0.559. The molecule has 182 valence electrons. The van der Waals surface area contributed by atoms with Gasteiger partial charge in [-0.3, -0.25) is 9.59 Å². The fourth-order valence-corrected chi connectivity index (χ4v) is 3.65. The summed E-state index contributed by atoms with van der Waals surface area (Å²) in [6.07, 6.45) is 3.97. The number of aliphatic hydroxyl groups excluding tert-OH is 1. The number of amides is 2. The molecule has 8 heteroatoms. The highest BCUT2D eigenvalue weighted by molar-refractivity contribution is 5.93. The molecule has 2 aromatic rings. The number of hydrogen-bond acceptors (Lipinski definition) is 6. The monoisotopic (exact) mass is 467 g/mol. The number of nitrogen functional groups attached to an aromatic ring is 1. The Labute approximate surface area is 200 Å². The lowest BCUT2D eigenvalue weighted by Crippen LogP contribution is -2.33. The number of carbonyl (C=O) groups is 2. The number of hydrogen-bond donors (Lipinski definition) is 4. The van der Waals surface area contributed by atoms with Crippen LogP contribution in [0.25, 0.3) is 0 Å². The third-order valence-corrected chi connectivity index (χ3v) is 5.47. The van der Waals surface area contributed by atoms with Crippen LogP contribution >= 0.6 is 0 Å². The Bertz CT molecular complexity index is 964. The molecule has 2 unspecified atom stereocenters. The Morgan fingerprint density at radius 1 is 1.06 bits per heavy atom. The van der Waals surface area contributed by atoms with Crippen molar-refractivity contribution in [2.24, 2.45) is 0 Å². The second-order valence-corrected chi connectivity index (χ2v) is 8.13. The van der Waals surface area contributed by atoms with E-state index in [9.17, 15) is 9.59 Å². The van der Waals surface area contributed by atoms with E-state index in [4.69, 9.17) is 20.3 Å². The molecule has 34 heavy (non-hydrogen) atoms. The minimum absolute atomic E-state index is 0.0102. The third-order valence-electron chi connectivity index (χ3n) is 5.47. The Balaban J connectivity index is 1.46. The van der Waals surface area contributed by atoms with Crippen LogP contribution in [-0.2, 0) is 19.1 Å². The first-order valence-corrected chi connectivity index (χ1v) is 11.6. The number of rotatable bonds is 12. The van der Waals surface area contributed by atoms with Crippen molar-refractivity contribution in [3.8, 4) is 0 Å². The molecular formula is C26H33N3O5. The predicted octanol–water partition coefficient (Wildman–Crippen LogP) is 3.31. The lowest BCUT2D eigenvalue weighted by atomic mass is 9.93. The SMILES string of the molecule is Nc1ccccc1NC(=O)CCCCNC(=O)C1=CC(c2ccccc2)CC(OCCCO)O1. The van der Waals surface area contributed by atoms with Crippen LogP contribution in [0.4, 0.5) is 11.4 Å². The fourth-order valence-electron chi connectivity index (χ4n) is 3.65. The van der Waals surface area contributed by atoms with Gasteiger partial charge in [0.05, 0.1) is 18.0 Å². The smallest absolute Gasteiger partial charge is 0.286 e. The number of nitrogens with one attached hydrogen (secondary N) is 2. The molecule has 0 radical (unpaired) electrons. The largest absolute Gasteiger partial charge is 0.459 e. The molecule has 0 bridgehead atoms. The van der Waals surface area contributed by atoms with E-state index in [1.807, 2.05) is 48.5 Å². The van der Waals surface area contributed by atoms with Gasteiger partial charge in [-0.15, -0.1) is 0 Å². The molecule has 3 rings (SSSR count). The number of para-hydroxylation sites is 2. The van der Waals surface area contributed by atoms with E-state index in [0.29, 0.717) is 56.6 Å². The van der Waals surface area contributed by atoms with Crippen molar-refractivity contribution in [1.82, 2.24) is 5.32 Å². The zero-order chi connectivity index (χ0) is 24.2. The normalized spacial score (nSPS) is 17.4. The molecule has 0 aromatic heterocycles. The van der Waals surface area contributed by atoms with Gasteiger partial charge in [0.2, 0.25) is 12.2 Å². The van der Waals surface area contributed by atoms with E-state index in [0.717, 1.165) is 5.56 Å². The fraction of sp³-hybridized carbons (Fsp3) is 0.385. The van der Waals surface area contributed by atoms with Gasteiger partial charge in [-0.2, -0.15) is 0 Å². The topological polar surface area (TPSA) is 123 Å². The minimum Gasteiger partial charge on any atom is -0.459 e. The standard InChI is InChI=1S/C26H33N3O5/c27-21-11-4-5-12-22(21)29-24(31)13-6-7-14-28-26(32)23-17-20(19-9-2-1-3-10-19)18-25(34-23)33-16-8-15-30/h1-5,9-12,17,20,25,30H,6-8,13-16,18,27H2,(H,28,32)(H,29,31). The second kappa shape index (κ2) is 13.4. The van der Waals surface area contributed by atoms with Gasteiger partial charge in [0, 0.05) is 31.9 Å². The highest BCUT2D eigenvalue weighted by atomic mass is 16.7. The average Bonchev–Trinajstić information content (AvgIpc) is 2.85. The van der Waals surface area contributed by atoms with E-state index < -0.39 is 6.29 Å². The molecule has 5 N–H and O–H groups in total. The first-order chi connectivity index (χ1) is 16.6. The first-order valence-electron chi connectivity index (χ1n) is 11.6. The zero-order valence-corrected chi connectivity index (χ0v) is 19.2. The van der Waals surface area contributed by atoms with Crippen LogP contribution in [0.15, 0.2) is 66.4 Å². The van der Waals surface area contributed by atoms with E-state index in [1.54, 1.807) is 12.1 Å². The van der Waals surface area contributed by atoms with Gasteiger partial charge in [0.15, 0.2) is 5.76 Å². The van der Waals surface area contributed by atoms with Crippen molar-refractivity contribution < 1.29 is 24.2 Å². The van der Waals surface area contributed by atoms with Crippen LogP contribution in [-0.4, -0.2) is 43.0 Å². The Morgan fingerprint density at radius 3 is 2.59 bits per heavy atom. The summed E-state index contributed by atoms with van der Waals surface area (Å²) in [6, 6.07) is 17.0. The summed E-state index contributed by atoms with van der Waals surface area (Å²) in [7, 11) is 0. The molecule has 1 aliphatic heterocycles. The number of carbonyl (C=O) groups excluding carboxylic acids is 2. The van der Waals surface area contributed by atoms with Gasteiger partial charge in [0.25, 0.3) is 5.91 Å². The number of aliphatic hydroxyl groups is 1. The van der Waals surface area contributed by atoms with Crippen LogP contribution in [0.5, 0.6) is 0 Å². The Hall–Kier alpha value is -3.36. The molecule has 2 aromatic carbocycles. The van der Waals surface area contributed by atoms with Crippen LogP contribution in [0.1, 0.15) is 43.6 Å². The summed E-state index contributed by atoms with van der Waals surface area (Å²) in [5.41, 5.74) is 8.05. The van der Waals surface area contributed by atoms with Gasteiger partial charge < -0.3 is 30.9 Å². The lowest BCUT2D eigenvalue weighted by molar-refractivity contribution is -0.146. The van der Waals surface area contributed by atoms with E-state index in [1.165, 1.54) is 0 Å². The molecule has 0 spiro atoms. The van der Waals surface area contributed by atoms with Gasteiger partial charge in [-0.05, 0) is 43.0 Å². The van der Waals surface area contributed by atoms with Gasteiger partial charge >= 0.3 is 0 Å². The van der Waals surface area contributed by atoms with Crippen LogP contribution in [0, 0.1) is 0 Å². The lowest BCUT2D eigenvalue weighted by Gasteiger charge is -2.29. The van der Waals surface area contributed by atoms with Crippen molar-refractivity contribution in [2.75, 3.05) is 30.8 Å². The third kappa shape index (κ3) is 7.90. The van der Waals surface area contributed by atoms with Crippen molar-refractivity contribution in [2.45, 2.75) is 44.3 Å². The maximum absolute atomic E-state index is 12.7. The summed E-state index contributed by atoms with van der Waals surface area (Å²) in [5, 5.41) is 14.7. The predicted molar refractivity (Wildman–Crippen MR) is 131 cm³/mol. The zero-order valence-electron chi connectivity index (χ0n) is 19.2. The summed E-state index contributed by atoms with van der Waals surface area (Å²) in [6.45, 7) is 0.815. The van der Waals surface area contributed by atoms with Gasteiger partial charge in [-0.25, -0.2) is 0 Å². The number of nitrogens with two attached hydrogens (primary N) is 1. The maximum Gasteiger partial charge on any atom is 0.286 e. The molecule has 0 fully saturated rings. The van der Waals surface area contributed by atoms with Gasteiger partial charge in [0.1, 0.15) is 0 Å². The molecule has 0 saturated heterocycles. The summed E-state index contributed by atoms with van der Waals surface area (Å²) < 4.78 is 11.5. The molecule has 1 heterocycles. The molecular weight excluding hydrogens is 434 g/mol. The molecule has 2 amide bonds. The van der Waals surface area contributed by atoms with Crippen molar-refractivity contribution >= 4 is 23.2 Å². The van der Waals surface area contributed by atoms with E-state index in [-0.39, 0.29) is 30.1 Å². The number of allylic oxidation sites excluding steroid dienone is 1. The van der Waals surface area contributed by atoms with Crippen LogP contribution in [0.2, 0.25) is 0 Å². The van der Waals surface area contributed by atoms with Crippen molar-refractivity contribution in [3.05, 3.63) is 72.0 Å². The molecule has 8 nitrogen and oxygen atoms in total. The number of ether oxygens (including phenoxy) is 2. The number of anilines is 2. The van der Waals surface area contributed by atoms with Gasteiger partial charge in [-0.1, -0.05) is 42.5 Å². The molecule has 1 aliphatic rings. The first kappa shape index (κ1) is 25.3. The van der Waals surface area contributed by atoms with E-state index in [2.05, 4.69) is 10.6 Å². The Morgan fingerprint density at radius 2 is 1.82 bits per heavy atom. The molecule has 0 saturated carbocycles. The highest BCUT2D eigenvalue weighted by Gasteiger charge is 2.28. The molecule has 2 atom stereocenters. The summed E-state index contributed by atoms with van der Waals surface area (Å²) in [5.74, 6) is -0.204.